The van der Waals surface area contributed by atoms with Crippen molar-refractivity contribution in [2.24, 2.45) is 5.92 Å². The van der Waals surface area contributed by atoms with Crippen LogP contribution in [0.5, 0.6) is 5.75 Å². The molecule has 0 unspecified atom stereocenters. The first-order chi connectivity index (χ1) is 18.2. The molecule has 0 saturated carbocycles. The second kappa shape index (κ2) is 12.4. The van der Waals surface area contributed by atoms with Crippen molar-refractivity contribution in [3.05, 3.63) is 47.6 Å². The molecule has 0 spiro atoms. The molecule has 3 aliphatic heterocycles. The van der Waals surface area contributed by atoms with Crippen molar-refractivity contribution in [2.75, 3.05) is 19.7 Å². The first-order valence-electron chi connectivity index (χ1n) is 13.1. The van der Waals surface area contributed by atoms with Gasteiger partial charge < -0.3 is 34.3 Å². The number of hydrogen-bond donors (Lipinski definition) is 3. The molecule has 8 atom stereocenters. The van der Waals surface area contributed by atoms with Crippen LogP contribution in [0.2, 0.25) is 0 Å². The molecule has 10 nitrogen and oxygen atoms in total. The van der Waals surface area contributed by atoms with E-state index in [-0.39, 0.29) is 30.6 Å². The Kier molecular flexibility index (Phi) is 9.22. The highest BCUT2D eigenvalue weighted by atomic mass is 16.7. The van der Waals surface area contributed by atoms with Crippen LogP contribution in [0.1, 0.15) is 39.2 Å². The normalized spacial score (nSPS) is 33.8. The molecule has 10 heteroatoms. The largest absolute Gasteiger partial charge is 0.462 e. The number of aliphatic hydroxyl groups is 3. The molecular formula is C28H37NO9. The average molecular weight is 532 g/mol. The van der Waals surface area contributed by atoms with E-state index in [0.717, 1.165) is 24.9 Å². The number of benzene rings is 1. The van der Waals surface area contributed by atoms with Gasteiger partial charge in [0.2, 0.25) is 6.29 Å². The maximum atomic E-state index is 12.4. The van der Waals surface area contributed by atoms with Crippen molar-refractivity contribution in [3.63, 3.8) is 0 Å². The number of nitrogens with zero attached hydrogens (tertiary/aromatic N) is 1. The molecule has 4 rings (SSSR count). The highest BCUT2D eigenvalue weighted by Gasteiger charge is 2.46. The van der Waals surface area contributed by atoms with Crippen molar-refractivity contribution in [1.82, 2.24) is 4.90 Å². The number of carbonyl (C=O) groups is 2. The highest BCUT2D eigenvalue weighted by molar-refractivity contribution is 5.88. The van der Waals surface area contributed by atoms with Gasteiger partial charge in [0, 0.05) is 30.2 Å². The predicted molar refractivity (Wildman–Crippen MR) is 137 cm³/mol. The fourth-order valence-corrected chi connectivity index (χ4v) is 5.16. The third-order valence-electron chi connectivity index (χ3n) is 7.58. The van der Waals surface area contributed by atoms with Crippen LogP contribution >= 0.6 is 0 Å². The van der Waals surface area contributed by atoms with E-state index in [9.17, 15) is 24.9 Å². The summed E-state index contributed by atoms with van der Waals surface area (Å²) >= 11 is 0. The van der Waals surface area contributed by atoms with E-state index in [0.29, 0.717) is 17.9 Å². The van der Waals surface area contributed by atoms with Crippen molar-refractivity contribution >= 4 is 18.0 Å². The van der Waals surface area contributed by atoms with Crippen LogP contribution in [0.4, 0.5) is 0 Å². The van der Waals surface area contributed by atoms with Gasteiger partial charge >= 0.3 is 11.9 Å². The first-order valence-corrected chi connectivity index (χ1v) is 13.1. The van der Waals surface area contributed by atoms with Crippen molar-refractivity contribution < 1.29 is 43.9 Å². The summed E-state index contributed by atoms with van der Waals surface area (Å²) in [6.07, 6.45) is 0.626. The van der Waals surface area contributed by atoms with E-state index >= 15 is 0 Å². The molecule has 0 radical (unpaired) electrons. The smallest absolute Gasteiger partial charge is 0.333 e. The third kappa shape index (κ3) is 6.44. The number of esters is 2. The molecule has 3 N–H and O–H groups in total. The van der Waals surface area contributed by atoms with E-state index in [4.69, 9.17) is 18.9 Å². The topological polar surface area (TPSA) is 135 Å². The minimum atomic E-state index is -1.40. The summed E-state index contributed by atoms with van der Waals surface area (Å²) in [4.78, 5) is 27.1. The maximum absolute atomic E-state index is 12.4. The molecular weight excluding hydrogens is 494 g/mol. The summed E-state index contributed by atoms with van der Waals surface area (Å²) in [5.41, 5.74) is 1.28. The lowest BCUT2D eigenvalue weighted by Gasteiger charge is -2.38. The Labute approximate surface area is 222 Å². The molecule has 0 aromatic heterocycles. The molecule has 0 aliphatic carbocycles. The summed E-state index contributed by atoms with van der Waals surface area (Å²) in [6, 6.07) is 6.96. The van der Waals surface area contributed by atoms with Crippen LogP contribution in [-0.4, -0.2) is 94.7 Å². The van der Waals surface area contributed by atoms with Gasteiger partial charge in [0.15, 0.2) is 0 Å². The summed E-state index contributed by atoms with van der Waals surface area (Å²) in [6.45, 7) is 6.88. The predicted octanol–water partition coefficient (Wildman–Crippen LogP) is 1.42. The van der Waals surface area contributed by atoms with Crippen LogP contribution in [0.15, 0.2) is 42.0 Å². The van der Waals surface area contributed by atoms with Crippen LogP contribution in [-0.2, 0) is 23.8 Å². The summed E-state index contributed by atoms with van der Waals surface area (Å²) in [7, 11) is 0. The highest BCUT2D eigenvalue weighted by Crippen LogP contribution is 2.35. The Morgan fingerprint density at radius 2 is 1.87 bits per heavy atom. The lowest BCUT2D eigenvalue weighted by molar-refractivity contribution is -0.268. The van der Waals surface area contributed by atoms with E-state index in [1.165, 1.54) is 6.08 Å². The van der Waals surface area contributed by atoms with Gasteiger partial charge in [-0.05, 0) is 63.9 Å². The quantitative estimate of drug-likeness (QED) is 0.334. The van der Waals surface area contributed by atoms with Crippen LogP contribution in [0.3, 0.4) is 0 Å². The van der Waals surface area contributed by atoms with Gasteiger partial charge in [-0.1, -0.05) is 18.2 Å². The summed E-state index contributed by atoms with van der Waals surface area (Å²) in [5.74, 6) is -0.507. The molecule has 0 amide bonds. The molecule has 3 heterocycles. The lowest BCUT2D eigenvalue weighted by Crippen LogP contribution is -2.58. The molecule has 1 aromatic rings. The summed E-state index contributed by atoms with van der Waals surface area (Å²) < 4.78 is 22.4. The zero-order chi connectivity index (χ0) is 27.4. The number of fused-ring (bicyclic) bond motifs is 1. The van der Waals surface area contributed by atoms with E-state index in [1.54, 1.807) is 57.2 Å². The Hall–Kier alpha value is -2.76. The Morgan fingerprint density at radius 3 is 2.58 bits per heavy atom. The number of carbonyl (C=O) groups excluding carboxylic acids is 2. The van der Waals surface area contributed by atoms with Gasteiger partial charge in [-0.25, -0.2) is 9.59 Å². The Balaban J connectivity index is 1.29. The minimum Gasteiger partial charge on any atom is -0.462 e. The first kappa shape index (κ1) is 28.3. The standard InChI is InChI=1S/C28H37NO9/c1-4-16(2)27(34)38-22-14-29-13-5-6-21(29)20(22)15-35-23(30)12-9-18-7-10-19(11-8-18)37-28-26(33)25(32)24(31)17(3)36-28/h4,7-12,17,20-22,24-26,28,31-33H,5-6,13-15H2,1-3H3/b12-9+,16-4+/t17-,20+,21-,22-,24-,25+,26+,28-/m0/s1. The number of ether oxygens (including phenoxy) is 4. The van der Waals surface area contributed by atoms with Gasteiger partial charge in [-0.3, -0.25) is 4.90 Å². The molecule has 1 aromatic carbocycles. The molecule has 208 valence electrons. The molecule has 3 fully saturated rings. The van der Waals surface area contributed by atoms with Gasteiger partial charge in [0.05, 0.1) is 12.7 Å². The van der Waals surface area contributed by atoms with Crippen LogP contribution in [0, 0.1) is 5.92 Å². The second-order valence-electron chi connectivity index (χ2n) is 10.1. The van der Waals surface area contributed by atoms with Crippen molar-refractivity contribution in [1.29, 1.82) is 0 Å². The van der Waals surface area contributed by atoms with Crippen LogP contribution < -0.4 is 4.74 Å². The molecule has 3 aliphatic rings. The Morgan fingerprint density at radius 1 is 1.13 bits per heavy atom. The van der Waals surface area contributed by atoms with Gasteiger partial charge in [-0.2, -0.15) is 0 Å². The maximum Gasteiger partial charge on any atom is 0.333 e. The molecule has 38 heavy (non-hydrogen) atoms. The molecule has 0 bridgehead atoms. The monoisotopic (exact) mass is 531 g/mol. The van der Waals surface area contributed by atoms with Crippen LogP contribution in [0.25, 0.3) is 6.08 Å². The summed E-state index contributed by atoms with van der Waals surface area (Å²) in [5, 5.41) is 29.8. The number of hydrogen-bond acceptors (Lipinski definition) is 10. The Bertz CT molecular complexity index is 1040. The van der Waals surface area contributed by atoms with E-state index in [1.807, 2.05) is 0 Å². The number of allylic oxidation sites excluding steroid dienone is 1. The zero-order valence-electron chi connectivity index (χ0n) is 21.9. The van der Waals surface area contributed by atoms with Gasteiger partial charge in [-0.15, -0.1) is 0 Å². The number of aliphatic hydroxyl groups excluding tert-OH is 3. The van der Waals surface area contributed by atoms with Crippen molar-refractivity contribution in [2.45, 2.75) is 76.5 Å². The van der Waals surface area contributed by atoms with Crippen molar-refractivity contribution in [3.8, 4) is 5.75 Å². The minimum absolute atomic E-state index is 0.0698. The SMILES string of the molecule is C/C=C(\C)C(=O)O[C@H]1CN2CCC[C@H]2[C@H]1COC(=O)/C=C/c1ccc(O[C@@H]2O[C@@H](C)[C@H](O)[C@@H](O)[C@H]2O)cc1. The lowest BCUT2D eigenvalue weighted by atomic mass is 9.97. The third-order valence-corrected chi connectivity index (χ3v) is 7.58. The average Bonchev–Trinajstić information content (AvgIpc) is 3.49. The van der Waals surface area contributed by atoms with E-state index in [2.05, 4.69) is 4.90 Å². The fourth-order valence-electron chi connectivity index (χ4n) is 5.16. The van der Waals surface area contributed by atoms with Gasteiger partial charge in [0.25, 0.3) is 0 Å². The number of rotatable bonds is 8. The zero-order valence-corrected chi connectivity index (χ0v) is 21.9. The van der Waals surface area contributed by atoms with Gasteiger partial charge in [0.1, 0.15) is 30.2 Å². The fraction of sp³-hybridized carbons (Fsp3) is 0.571. The van der Waals surface area contributed by atoms with E-state index < -0.39 is 36.7 Å². The second-order valence-corrected chi connectivity index (χ2v) is 10.1. The molecule has 3 saturated heterocycles.